The lowest BCUT2D eigenvalue weighted by molar-refractivity contribution is -0.384. The number of hydrogen-bond acceptors (Lipinski definition) is 6. The van der Waals surface area contributed by atoms with Gasteiger partial charge in [-0.3, -0.25) is 10.1 Å². The summed E-state index contributed by atoms with van der Waals surface area (Å²) in [4.78, 5) is 15.7. The summed E-state index contributed by atoms with van der Waals surface area (Å²) in [5, 5.41) is 14.8. The van der Waals surface area contributed by atoms with E-state index in [1.54, 1.807) is 25.3 Å². The van der Waals surface area contributed by atoms with Crippen molar-refractivity contribution in [3.8, 4) is 11.5 Å². The minimum atomic E-state index is -0.445. The van der Waals surface area contributed by atoms with Crippen molar-refractivity contribution >= 4 is 27.8 Å². The number of nitro groups is 1. The van der Waals surface area contributed by atoms with E-state index in [-0.39, 0.29) is 12.3 Å². The molecule has 0 aliphatic heterocycles. The lowest BCUT2D eigenvalue weighted by Crippen LogP contribution is -2.00. The van der Waals surface area contributed by atoms with Gasteiger partial charge in [0.2, 0.25) is 0 Å². The van der Waals surface area contributed by atoms with Crippen LogP contribution in [0.15, 0.2) is 70.3 Å². The normalized spacial score (nSPS) is 10.8. The van der Waals surface area contributed by atoms with Crippen molar-refractivity contribution in [2.45, 2.75) is 20.1 Å². The van der Waals surface area contributed by atoms with Crippen LogP contribution in [0.2, 0.25) is 0 Å². The van der Waals surface area contributed by atoms with Gasteiger partial charge >= 0.3 is 0 Å². The maximum atomic E-state index is 10.8. The zero-order chi connectivity index (χ0) is 22.2. The van der Waals surface area contributed by atoms with Crippen LogP contribution in [0.3, 0.4) is 0 Å². The first-order chi connectivity index (χ1) is 15.0. The van der Waals surface area contributed by atoms with E-state index in [0.717, 1.165) is 15.6 Å². The summed E-state index contributed by atoms with van der Waals surface area (Å²) in [6.45, 7) is 2.57. The van der Waals surface area contributed by atoms with Crippen LogP contribution in [0.25, 0.3) is 0 Å². The van der Waals surface area contributed by atoms with Gasteiger partial charge < -0.3 is 14.3 Å². The van der Waals surface area contributed by atoms with Gasteiger partial charge in [0, 0.05) is 17.7 Å². The molecule has 3 aromatic carbocycles. The Morgan fingerprint density at radius 2 is 1.84 bits per heavy atom. The highest BCUT2D eigenvalue weighted by molar-refractivity contribution is 9.10. The molecule has 7 nitrogen and oxygen atoms in total. The summed E-state index contributed by atoms with van der Waals surface area (Å²) < 4.78 is 12.1. The van der Waals surface area contributed by atoms with E-state index < -0.39 is 4.92 Å². The standard InChI is InChI=1S/C23H21BrN2O5/c1-16-6-8-17(9-7-16)14-30-23-21(24)11-19(12-22(23)29-2)13-25-31-15-18-4-3-5-20(10-18)26(27)28/h3-13H,14-15H2,1-2H3/b25-13-. The Morgan fingerprint density at radius 1 is 1.06 bits per heavy atom. The molecule has 0 N–H and O–H groups in total. The molecule has 3 aromatic rings. The number of benzene rings is 3. The molecule has 0 heterocycles. The molecule has 0 amide bonds. The third kappa shape index (κ3) is 6.29. The molecular formula is C23H21BrN2O5. The van der Waals surface area contributed by atoms with Crippen LogP contribution >= 0.6 is 15.9 Å². The predicted molar refractivity (Wildman–Crippen MR) is 122 cm³/mol. The smallest absolute Gasteiger partial charge is 0.269 e. The van der Waals surface area contributed by atoms with E-state index >= 15 is 0 Å². The molecule has 0 saturated heterocycles. The lowest BCUT2D eigenvalue weighted by Gasteiger charge is -2.13. The average Bonchev–Trinajstić information content (AvgIpc) is 2.77. The first-order valence-electron chi connectivity index (χ1n) is 9.41. The van der Waals surface area contributed by atoms with E-state index in [4.69, 9.17) is 14.3 Å². The Kier molecular flexibility index (Phi) is 7.61. The van der Waals surface area contributed by atoms with E-state index in [2.05, 4.69) is 21.1 Å². The zero-order valence-corrected chi connectivity index (χ0v) is 18.7. The number of nitrogens with zero attached hydrogens (tertiary/aromatic N) is 2. The van der Waals surface area contributed by atoms with Gasteiger partial charge in [-0.05, 0) is 46.1 Å². The molecule has 0 fully saturated rings. The van der Waals surface area contributed by atoms with Gasteiger partial charge in [0.05, 0.1) is 22.7 Å². The second kappa shape index (κ2) is 10.6. The molecule has 0 radical (unpaired) electrons. The summed E-state index contributed by atoms with van der Waals surface area (Å²) in [6.07, 6.45) is 1.54. The fourth-order valence-electron chi connectivity index (χ4n) is 2.76. The number of methoxy groups -OCH3 is 1. The second-order valence-electron chi connectivity index (χ2n) is 6.74. The molecule has 0 saturated carbocycles. The molecule has 0 atom stereocenters. The molecule has 0 unspecified atom stereocenters. The van der Waals surface area contributed by atoms with E-state index in [1.807, 2.05) is 37.3 Å². The highest BCUT2D eigenvalue weighted by Crippen LogP contribution is 2.36. The van der Waals surface area contributed by atoms with Crippen molar-refractivity contribution in [2.75, 3.05) is 7.11 Å². The quantitative estimate of drug-likeness (QED) is 0.217. The largest absolute Gasteiger partial charge is 0.493 e. The monoisotopic (exact) mass is 484 g/mol. The van der Waals surface area contributed by atoms with E-state index in [9.17, 15) is 10.1 Å². The van der Waals surface area contributed by atoms with Crippen molar-refractivity contribution in [1.29, 1.82) is 0 Å². The Balaban J connectivity index is 1.64. The van der Waals surface area contributed by atoms with Crippen LogP contribution in [0.4, 0.5) is 5.69 Å². The number of oxime groups is 1. The van der Waals surface area contributed by atoms with Crippen LogP contribution in [0, 0.1) is 17.0 Å². The SMILES string of the molecule is COc1cc(/C=N\OCc2cccc([N+](=O)[O-])c2)cc(Br)c1OCc1ccc(C)cc1. The number of rotatable bonds is 9. The fraction of sp³-hybridized carbons (Fsp3) is 0.174. The minimum Gasteiger partial charge on any atom is -0.493 e. The van der Waals surface area contributed by atoms with Crippen molar-refractivity contribution in [3.05, 3.63) is 97.5 Å². The zero-order valence-electron chi connectivity index (χ0n) is 17.1. The van der Waals surface area contributed by atoms with E-state index in [0.29, 0.717) is 23.7 Å². The first-order valence-corrected chi connectivity index (χ1v) is 10.2. The van der Waals surface area contributed by atoms with Crippen LogP contribution in [0.1, 0.15) is 22.3 Å². The number of aryl methyl sites for hydroxylation is 1. The van der Waals surface area contributed by atoms with Crippen molar-refractivity contribution in [1.82, 2.24) is 0 Å². The van der Waals surface area contributed by atoms with Gasteiger partial charge in [0.25, 0.3) is 5.69 Å². The molecule has 31 heavy (non-hydrogen) atoms. The van der Waals surface area contributed by atoms with Crippen molar-refractivity contribution in [2.24, 2.45) is 5.16 Å². The number of nitro benzene ring substituents is 1. The van der Waals surface area contributed by atoms with Crippen LogP contribution in [-0.2, 0) is 18.1 Å². The van der Waals surface area contributed by atoms with Crippen LogP contribution < -0.4 is 9.47 Å². The van der Waals surface area contributed by atoms with Crippen molar-refractivity contribution in [3.63, 3.8) is 0 Å². The number of ether oxygens (including phenoxy) is 2. The maximum Gasteiger partial charge on any atom is 0.269 e. The van der Waals surface area contributed by atoms with E-state index in [1.165, 1.54) is 23.9 Å². The lowest BCUT2D eigenvalue weighted by atomic mass is 10.2. The van der Waals surface area contributed by atoms with Gasteiger partial charge in [0.1, 0.15) is 13.2 Å². The third-order valence-corrected chi connectivity index (χ3v) is 4.97. The third-order valence-electron chi connectivity index (χ3n) is 4.38. The molecule has 0 aliphatic rings. The number of non-ortho nitro benzene ring substituents is 1. The minimum absolute atomic E-state index is 0.0139. The first kappa shape index (κ1) is 22.3. The Hall–Kier alpha value is -3.39. The number of halogens is 1. The summed E-state index contributed by atoms with van der Waals surface area (Å²) in [6, 6.07) is 18.0. The topological polar surface area (TPSA) is 83.2 Å². The summed E-state index contributed by atoms with van der Waals surface area (Å²) in [5.41, 5.74) is 3.66. The van der Waals surface area contributed by atoms with Gasteiger partial charge in [-0.25, -0.2) is 0 Å². The van der Waals surface area contributed by atoms with Crippen LogP contribution in [-0.4, -0.2) is 18.2 Å². The molecule has 0 bridgehead atoms. The molecule has 160 valence electrons. The molecule has 0 spiro atoms. The molecule has 0 aromatic heterocycles. The second-order valence-corrected chi connectivity index (χ2v) is 7.60. The Labute approximate surface area is 188 Å². The molecule has 3 rings (SSSR count). The van der Waals surface area contributed by atoms with Crippen LogP contribution in [0.5, 0.6) is 11.5 Å². The Morgan fingerprint density at radius 3 is 2.55 bits per heavy atom. The summed E-state index contributed by atoms with van der Waals surface area (Å²) >= 11 is 3.52. The molecular weight excluding hydrogens is 464 g/mol. The highest BCUT2D eigenvalue weighted by atomic mass is 79.9. The van der Waals surface area contributed by atoms with Gasteiger partial charge in [-0.1, -0.05) is 47.1 Å². The van der Waals surface area contributed by atoms with Gasteiger partial charge in [-0.15, -0.1) is 0 Å². The number of hydrogen-bond donors (Lipinski definition) is 0. The molecule has 8 heteroatoms. The molecule has 0 aliphatic carbocycles. The van der Waals surface area contributed by atoms with Crippen molar-refractivity contribution < 1.29 is 19.2 Å². The summed E-state index contributed by atoms with van der Waals surface area (Å²) in [5.74, 6) is 1.15. The van der Waals surface area contributed by atoms with Gasteiger partial charge in [0.15, 0.2) is 11.5 Å². The maximum absolute atomic E-state index is 10.8. The highest BCUT2D eigenvalue weighted by Gasteiger charge is 2.12. The fourth-order valence-corrected chi connectivity index (χ4v) is 3.34. The van der Waals surface area contributed by atoms with Gasteiger partial charge in [-0.2, -0.15) is 0 Å². The summed E-state index contributed by atoms with van der Waals surface area (Å²) in [7, 11) is 1.57. The Bertz CT molecular complexity index is 1080. The predicted octanol–water partition coefficient (Wildman–Crippen LogP) is 5.80. The average molecular weight is 485 g/mol.